The Morgan fingerprint density at radius 3 is 2.50 bits per heavy atom. The number of anilines is 2. The van der Waals surface area contributed by atoms with Crippen LogP contribution in [0.5, 0.6) is 5.88 Å². The molecule has 2 N–H and O–H groups in total. The second kappa shape index (κ2) is 12.0. The van der Waals surface area contributed by atoms with Crippen LogP contribution >= 0.6 is 0 Å². The van der Waals surface area contributed by atoms with Gasteiger partial charge in [-0.05, 0) is 64.2 Å². The van der Waals surface area contributed by atoms with Crippen molar-refractivity contribution in [2.24, 2.45) is 5.92 Å². The van der Waals surface area contributed by atoms with Gasteiger partial charge in [0, 0.05) is 25.3 Å². The van der Waals surface area contributed by atoms with Crippen LogP contribution in [0, 0.1) is 5.92 Å². The summed E-state index contributed by atoms with van der Waals surface area (Å²) in [5, 5.41) is 3.16. The van der Waals surface area contributed by atoms with Gasteiger partial charge >= 0.3 is 0 Å². The first-order chi connectivity index (χ1) is 17.3. The Morgan fingerprint density at radius 2 is 1.78 bits per heavy atom. The van der Waals surface area contributed by atoms with E-state index in [-0.39, 0.29) is 5.75 Å². The normalized spacial score (nSPS) is 15.1. The minimum Gasteiger partial charge on any atom is -0.476 e. The van der Waals surface area contributed by atoms with Gasteiger partial charge in [-0.2, -0.15) is 9.97 Å². The maximum absolute atomic E-state index is 12.8. The molecule has 0 unspecified atom stereocenters. The summed E-state index contributed by atoms with van der Waals surface area (Å²) in [7, 11) is 2.57. The van der Waals surface area contributed by atoms with Crippen LogP contribution in [0.2, 0.25) is 0 Å². The van der Waals surface area contributed by atoms with Gasteiger partial charge in [0.15, 0.2) is 15.5 Å². The van der Waals surface area contributed by atoms with Crippen molar-refractivity contribution >= 4 is 32.6 Å². The molecule has 1 aromatic carbocycles. The molecule has 1 saturated carbocycles. The van der Waals surface area contributed by atoms with Crippen LogP contribution in [0.1, 0.15) is 32.1 Å². The number of fused-ring (bicyclic) bond motifs is 1. The van der Waals surface area contributed by atoms with Crippen molar-refractivity contribution in [2.45, 2.75) is 37.0 Å². The smallest absolute Gasteiger partial charge is 0.245 e. The molecular formula is C25H37N7O3S. The number of hydrogen-bond donors (Lipinski definition) is 2. The largest absolute Gasteiger partial charge is 0.476 e. The maximum atomic E-state index is 12.8. The lowest BCUT2D eigenvalue weighted by Crippen LogP contribution is -2.32. The van der Waals surface area contributed by atoms with Crippen LogP contribution in [0.15, 0.2) is 35.5 Å². The van der Waals surface area contributed by atoms with Gasteiger partial charge in [0.2, 0.25) is 11.8 Å². The summed E-state index contributed by atoms with van der Waals surface area (Å²) in [6.07, 6.45) is 7.75. The van der Waals surface area contributed by atoms with Crippen LogP contribution in [0.25, 0.3) is 11.2 Å². The van der Waals surface area contributed by atoms with E-state index in [0.29, 0.717) is 52.6 Å². The molecule has 11 heteroatoms. The lowest BCUT2D eigenvalue weighted by Gasteiger charge is -2.21. The Bertz CT molecular complexity index is 1220. The lowest BCUT2D eigenvalue weighted by molar-refractivity contribution is 0.205. The first-order valence-electron chi connectivity index (χ1n) is 12.6. The average Bonchev–Trinajstić information content (AvgIpc) is 3.35. The number of ether oxygens (including phenoxy) is 1. The van der Waals surface area contributed by atoms with Gasteiger partial charge in [-0.25, -0.2) is 13.4 Å². The highest BCUT2D eigenvalue weighted by Gasteiger charge is 2.18. The molecule has 0 amide bonds. The number of aromatic nitrogens is 4. The Hall–Kier alpha value is -2.76. The van der Waals surface area contributed by atoms with E-state index in [2.05, 4.69) is 30.2 Å². The number of rotatable bonds is 12. The van der Waals surface area contributed by atoms with Crippen LogP contribution in [0.3, 0.4) is 0 Å². The summed E-state index contributed by atoms with van der Waals surface area (Å²) in [6.45, 7) is 2.81. The number of likely N-dealkylation sites (N-methyl/N-ethyl adjacent to an activating group) is 2. The number of hydrogen-bond acceptors (Lipinski definition) is 9. The fraction of sp³-hybridized carbons (Fsp3) is 0.560. The quantitative estimate of drug-likeness (QED) is 0.375. The van der Waals surface area contributed by atoms with E-state index in [0.717, 1.165) is 13.1 Å². The van der Waals surface area contributed by atoms with Crippen molar-refractivity contribution in [3.8, 4) is 5.88 Å². The number of nitrogens with one attached hydrogen (secondary N) is 2. The average molecular weight is 516 g/mol. The van der Waals surface area contributed by atoms with E-state index in [4.69, 9.17) is 4.74 Å². The molecule has 3 aromatic rings. The minimum atomic E-state index is -3.38. The van der Waals surface area contributed by atoms with Crippen LogP contribution in [0.4, 0.5) is 11.6 Å². The molecule has 0 aliphatic heterocycles. The lowest BCUT2D eigenvalue weighted by atomic mass is 9.90. The summed E-state index contributed by atoms with van der Waals surface area (Å²) in [6, 6.07) is 6.68. The minimum absolute atomic E-state index is 0.0737. The third-order valence-corrected chi connectivity index (χ3v) is 8.28. The highest BCUT2D eigenvalue weighted by Crippen LogP contribution is 2.27. The molecule has 0 radical (unpaired) electrons. The molecule has 2 aromatic heterocycles. The zero-order valence-corrected chi connectivity index (χ0v) is 22.2. The summed E-state index contributed by atoms with van der Waals surface area (Å²) < 4.78 is 31.7. The van der Waals surface area contributed by atoms with Crippen molar-refractivity contribution in [1.29, 1.82) is 0 Å². The number of H-pyrrole nitrogens is 1. The Kier molecular flexibility index (Phi) is 8.76. The third kappa shape index (κ3) is 7.14. The summed E-state index contributed by atoms with van der Waals surface area (Å²) >= 11 is 0. The van der Waals surface area contributed by atoms with Crippen LogP contribution in [-0.4, -0.2) is 91.3 Å². The van der Waals surface area contributed by atoms with Gasteiger partial charge in [-0.3, -0.25) is 0 Å². The van der Waals surface area contributed by atoms with Gasteiger partial charge < -0.3 is 24.8 Å². The summed E-state index contributed by atoms with van der Waals surface area (Å²) in [5.41, 5.74) is 1.88. The van der Waals surface area contributed by atoms with E-state index < -0.39 is 9.84 Å². The highest BCUT2D eigenvalue weighted by molar-refractivity contribution is 7.91. The first-order valence-corrected chi connectivity index (χ1v) is 14.2. The second-order valence-electron chi connectivity index (χ2n) is 9.84. The number of sulfone groups is 1. The zero-order chi connectivity index (χ0) is 25.5. The number of aromatic amines is 1. The Balaban J connectivity index is 1.39. The van der Waals surface area contributed by atoms with E-state index >= 15 is 0 Å². The number of imidazole rings is 1. The molecule has 36 heavy (non-hydrogen) atoms. The van der Waals surface area contributed by atoms with Crippen LogP contribution < -0.4 is 10.1 Å². The van der Waals surface area contributed by atoms with Gasteiger partial charge in [0.05, 0.1) is 23.6 Å². The van der Waals surface area contributed by atoms with Crippen molar-refractivity contribution in [3.63, 3.8) is 0 Å². The van der Waals surface area contributed by atoms with E-state index in [9.17, 15) is 8.42 Å². The Morgan fingerprint density at radius 1 is 1.03 bits per heavy atom. The molecule has 0 spiro atoms. The molecule has 0 saturated heterocycles. The predicted octanol–water partition coefficient (Wildman–Crippen LogP) is 3.32. The van der Waals surface area contributed by atoms with Gasteiger partial charge in [-0.15, -0.1) is 0 Å². The third-order valence-electron chi connectivity index (χ3n) is 6.57. The van der Waals surface area contributed by atoms with Gasteiger partial charge in [0.25, 0.3) is 0 Å². The van der Waals surface area contributed by atoms with Crippen molar-refractivity contribution in [3.05, 3.63) is 30.6 Å². The molecule has 1 aliphatic rings. The van der Waals surface area contributed by atoms with Gasteiger partial charge in [-0.1, -0.05) is 19.3 Å². The fourth-order valence-electron chi connectivity index (χ4n) is 4.27. The second-order valence-corrected chi connectivity index (χ2v) is 12.0. The molecule has 196 valence electrons. The number of benzene rings is 1. The topological polar surface area (TPSA) is 116 Å². The van der Waals surface area contributed by atoms with E-state index in [1.807, 2.05) is 26.0 Å². The molecule has 0 bridgehead atoms. The fourth-order valence-corrected chi connectivity index (χ4v) is 5.61. The predicted molar refractivity (Wildman–Crippen MR) is 142 cm³/mol. The monoisotopic (exact) mass is 515 g/mol. The molecule has 1 aliphatic carbocycles. The van der Waals surface area contributed by atoms with Gasteiger partial charge in [0.1, 0.15) is 5.52 Å². The summed E-state index contributed by atoms with van der Waals surface area (Å²) in [4.78, 5) is 20.8. The van der Waals surface area contributed by atoms with Crippen molar-refractivity contribution < 1.29 is 13.2 Å². The standard InChI is InChI=1S/C25H37N7O3S/c1-31(2)13-14-32(3)15-16-36(33,34)21-11-9-20(10-12-21)28-25-29-23-22(26-18-27-23)24(30-25)35-17-19-7-5-4-6-8-19/h9-12,18-19H,4-8,13-17H2,1-3H3,(H2,26,27,28,29,30). The zero-order valence-electron chi connectivity index (χ0n) is 21.4. The van der Waals surface area contributed by atoms with E-state index in [1.54, 1.807) is 30.6 Å². The molecule has 4 rings (SSSR count). The molecule has 0 atom stereocenters. The maximum Gasteiger partial charge on any atom is 0.245 e. The van der Waals surface area contributed by atoms with Crippen LogP contribution in [-0.2, 0) is 9.84 Å². The first kappa shape index (κ1) is 26.3. The molecule has 2 heterocycles. The highest BCUT2D eigenvalue weighted by atomic mass is 32.2. The van der Waals surface area contributed by atoms with Crippen molar-refractivity contribution in [1.82, 2.24) is 29.7 Å². The molecular weight excluding hydrogens is 478 g/mol. The van der Waals surface area contributed by atoms with E-state index in [1.165, 1.54) is 32.1 Å². The number of nitrogens with zero attached hydrogens (tertiary/aromatic N) is 5. The molecule has 1 fully saturated rings. The molecule has 10 nitrogen and oxygen atoms in total. The van der Waals surface area contributed by atoms with Crippen molar-refractivity contribution in [2.75, 3.05) is 58.5 Å². The summed E-state index contributed by atoms with van der Waals surface area (Å²) in [5.74, 6) is 1.45. The Labute approximate surface area is 213 Å². The SMILES string of the molecule is CN(C)CCN(C)CCS(=O)(=O)c1ccc(Nc2nc(OCC3CCCCC3)c3[nH]cnc3n2)cc1.